The molecule has 0 radical (unpaired) electrons. The molecule has 3 aromatic rings. The Morgan fingerprint density at radius 2 is 1.62 bits per heavy atom. The molecule has 0 aliphatic rings. The molecule has 0 fully saturated rings. The van der Waals surface area contributed by atoms with E-state index in [9.17, 15) is 4.79 Å². The molecule has 3 rings (SSSR count). The van der Waals surface area contributed by atoms with E-state index in [-0.39, 0.29) is 0 Å². The number of nitrogens with two attached hydrogens (primary N) is 1. The van der Waals surface area contributed by atoms with Crippen molar-refractivity contribution < 1.29 is 4.79 Å². The second-order valence-corrected chi connectivity index (χ2v) is 4.72. The first kappa shape index (κ1) is 13.1. The number of hydrogen-bond acceptors (Lipinski definition) is 2. The lowest BCUT2D eigenvalue weighted by Gasteiger charge is -2.05. The molecule has 0 atom stereocenters. The third-order valence-corrected chi connectivity index (χ3v) is 3.25. The molecule has 1 heterocycles. The van der Waals surface area contributed by atoms with Crippen LogP contribution in [0.25, 0.3) is 22.6 Å². The highest BCUT2D eigenvalue weighted by molar-refractivity contribution is 6.23. The number of carbonyl (C=O) groups is 1. The van der Waals surface area contributed by atoms with Gasteiger partial charge in [0.15, 0.2) is 0 Å². The fourth-order valence-electron chi connectivity index (χ4n) is 2.20. The molecule has 0 saturated heterocycles. The van der Waals surface area contributed by atoms with Crippen LogP contribution < -0.4 is 5.73 Å². The smallest absolute Gasteiger partial charge is 0.250 e. The molecule has 3 heteroatoms. The number of benzene rings is 2. The topological polar surface area (TPSA) is 56.0 Å². The predicted molar refractivity (Wildman–Crippen MR) is 85.3 cm³/mol. The molecule has 1 amide bonds. The molecule has 0 bridgehead atoms. The molecule has 2 N–H and O–H groups in total. The molecule has 2 aromatic carbocycles. The van der Waals surface area contributed by atoms with E-state index < -0.39 is 5.91 Å². The minimum absolute atomic E-state index is 0.409. The van der Waals surface area contributed by atoms with Crippen molar-refractivity contribution in [2.24, 2.45) is 5.73 Å². The maximum Gasteiger partial charge on any atom is 0.250 e. The zero-order valence-electron chi connectivity index (χ0n) is 11.4. The highest BCUT2D eigenvalue weighted by Crippen LogP contribution is 2.19. The number of rotatable bonds is 3. The van der Waals surface area contributed by atoms with Gasteiger partial charge in [0, 0.05) is 5.39 Å². The Morgan fingerprint density at radius 1 is 0.905 bits per heavy atom. The molecular weight excluding hydrogens is 260 g/mol. The Balaban J connectivity index is 2.11. The van der Waals surface area contributed by atoms with E-state index in [1.807, 2.05) is 66.7 Å². The summed E-state index contributed by atoms with van der Waals surface area (Å²) < 4.78 is 0. The molecule has 102 valence electrons. The Hall–Kier alpha value is -2.94. The third kappa shape index (κ3) is 2.82. The zero-order valence-corrected chi connectivity index (χ0v) is 11.4. The summed E-state index contributed by atoms with van der Waals surface area (Å²) in [6.07, 6.45) is 1.76. The number of aromatic nitrogens is 1. The highest BCUT2D eigenvalue weighted by atomic mass is 16.1. The van der Waals surface area contributed by atoms with Gasteiger partial charge in [-0.05, 0) is 23.8 Å². The standard InChI is InChI=1S/C18H14N2O/c19-18(21)15(12-13-6-2-1-3-7-13)17-11-10-14-8-4-5-9-16(14)20-17/h1-12H,(H2,19,21). The van der Waals surface area contributed by atoms with Gasteiger partial charge in [-0.15, -0.1) is 0 Å². The minimum atomic E-state index is -0.485. The lowest BCUT2D eigenvalue weighted by molar-refractivity contribution is -0.112. The van der Waals surface area contributed by atoms with Crippen LogP contribution in [0.2, 0.25) is 0 Å². The summed E-state index contributed by atoms with van der Waals surface area (Å²) in [5.74, 6) is -0.485. The van der Waals surface area contributed by atoms with Gasteiger partial charge >= 0.3 is 0 Å². The molecule has 0 spiro atoms. The number of hydrogen-bond donors (Lipinski definition) is 1. The SMILES string of the molecule is NC(=O)C(=Cc1ccccc1)c1ccc2ccccc2n1. The van der Waals surface area contributed by atoms with E-state index in [1.165, 1.54) is 0 Å². The van der Waals surface area contributed by atoms with Crippen molar-refractivity contribution >= 4 is 28.5 Å². The van der Waals surface area contributed by atoms with Gasteiger partial charge in [-0.2, -0.15) is 0 Å². The Labute approximate surface area is 122 Å². The van der Waals surface area contributed by atoms with Crippen LogP contribution in [-0.4, -0.2) is 10.9 Å². The van der Waals surface area contributed by atoms with Gasteiger partial charge in [0.2, 0.25) is 0 Å². The number of pyridine rings is 1. The maximum absolute atomic E-state index is 11.8. The maximum atomic E-state index is 11.8. The van der Waals surface area contributed by atoms with Gasteiger partial charge in [-0.25, -0.2) is 4.98 Å². The van der Waals surface area contributed by atoms with E-state index >= 15 is 0 Å². The first-order chi connectivity index (χ1) is 10.2. The molecule has 0 aliphatic heterocycles. The quantitative estimate of drug-likeness (QED) is 0.745. The normalized spacial score (nSPS) is 11.5. The summed E-state index contributed by atoms with van der Waals surface area (Å²) >= 11 is 0. The van der Waals surface area contributed by atoms with E-state index in [0.29, 0.717) is 11.3 Å². The highest BCUT2D eigenvalue weighted by Gasteiger charge is 2.10. The van der Waals surface area contributed by atoms with Crippen LogP contribution in [0.15, 0.2) is 66.7 Å². The second-order valence-electron chi connectivity index (χ2n) is 4.72. The van der Waals surface area contributed by atoms with Crippen molar-refractivity contribution in [3.8, 4) is 0 Å². The van der Waals surface area contributed by atoms with Crippen LogP contribution in [0.5, 0.6) is 0 Å². The van der Waals surface area contributed by atoms with Crippen molar-refractivity contribution in [3.05, 3.63) is 78.0 Å². The van der Waals surface area contributed by atoms with Gasteiger partial charge in [0.25, 0.3) is 5.91 Å². The van der Waals surface area contributed by atoms with Gasteiger partial charge in [-0.3, -0.25) is 4.79 Å². The number of nitrogens with zero attached hydrogens (tertiary/aromatic N) is 1. The van der Waals surface area contributed by atoms with E-state index in [4.69, 9.17) is 5.73 Å². The fourth-order valence-corrected chi connectivity index (χ4v) is 2.20. The summed E-state index contributed by atoms with van der Waals surface area (Å²) in [7, 11) is 0. The summed E-state index contributed by atoms with van der Waals surface area (Å²) in [6.45, 7) is 0. The fraction of sp³-hybridized carbons (Fsp3) is 0. The Morgan fingerprint density at radius 3 is 2.38 bits per heavy atom. The number of carbonyl (C=O) groups excluding carboxylic acids is 1. The molecule has 21 heavy (non-hydrogen) atoms. The van der Waals surface area contributed by atoms with Crippen LogP contribution >= 0.6 is 0 Å². The van der Waals surface area contributed by atoms with Crippen LogP contribution in [0, 0.1) is 0 Å². The zero-order chi connectivity index (χ0) is 14.7. The summed E-state index contributed by atoms with van der Waals surface area (Å²) in [5, 5.41) is 1.03. The van der Waals surface area contributed by atoms with E-state index in [0.717, 1.165) is 16.5 Å². The Kier molecular flexibility index (Phi) is 3.48. The monoisotopic (exact) mass is 274 g/mol. The van der Waals surface area contributed by atoms with Gasteiger partial charge in [0.05, 0.1) is 16.8 Å². The first-order valence-electron chi connectivity index (χ1n) is 6.67. The van der Waals surface area contributed by atoms with Gasteiger partial charge in [-0.1, -0.05) is 54.6 Å². The van der Waals surface area contributed by atoms with E-state index in [1.54, 1.807) is 6.08 Å². The molecule has 1 aromatic heterocycles. The molecule has 3 nitrogen and oxygen atoms in total. The summed E-state index contributed by atoms with van der Waals surface area (Å²) in [6, 6.07) is 21.1. The summed E-state index contributed by atoms with van der Waals surface area (Å²) in [5.41, 5.74) is 8.27. The lowest BCUT2D eigenvalue weighted by atomic mass is 10.1. The van der Waals surface area contributed by atoms with Crippen LogP contribution in [0.3, 0.4) is 0 Å². The average molecular weight is 274 g/mol. The van der Waals surface area contributed by atoms with Crippen LogP contribution in [0.4, 0.5) is 0 Å². The number of fused-ring (bicyclic) bond motifs is 1. The predicted octanol–water partition coefficient (Wildman–Crippen LogP) is 3.26. The summed E-state index contributed by atoms with van der Waals surface area (Å²) in [4.78, 5) is 16.3. The molecule has 0 aliphatic carbocycles. The van der Waals surface area contributed by atoms with E-state index in [2.05, 4.69) is 4.98 Å². The Bertz CT molecular complexity index is 823. The number of primary amides is 1. The first-order valence-corrected chi connectivity index (χ1v) is 6.67. The lowest BCUT2D eigenvalue weighted by Crippen LogP contribution is -2.13. The van der Waals surface area contributed by atoms with Crippen LogP contribution in [-0.2, 0) is 4.79 Å². The number of para-hydroxylation sites is 1. The third-order valence-electron chi connectivity index (χ3n) is 3.25. The average Bonchev–Trinajstić information content (AvgIpc) is 2.53. The van der Waals surface area contributed by atoms with Crippen molar-refractivity contribution in [1.82, 2.24) is 4.98 Å². The van der Waals surface area contributed by atoms with Crippen molar-refractivity contribution in [1.29, 1.82) is 0 Å². The molecule has 0 saturated carbocycles. The van der Waals surface area contributed by atoms with Gasteiger partial charge in [0.1, 0.15) is 0 Å². The van der Waals surface area contributed by atoms with Crippen LogP contribution in [0.1, 0.15) is 11.3 Å². The minimum Gasteiger partial charge on any atom is -0.366 e. The van der Waals surface area contributed by atoms with Crippen molar-refractivity contribution in [2.75, 3.05) is 0 Å². The van der Waals surface area contributed by atoms with Crippen molar-refractivity contribution in [2.45, 2.75) is 0 Å². The molecule has 0 unspecified atom stereocenters. The van der Waals surface area contributed by atoms with Crippen molar-refractivity contribution in [3.63, 3.8) is 0 Å². The number of amides is 1. The second kappa shape index (κ2) is 5.59. The molecular formula is C18H14N2O. The van der Waals surface area contributed by atoms with Gasteiger partial charge < -0.3 is 5.73 Å². The largest absolute Gasteiger partial charge is 0.366 e.